The maximum atomic E-state index is 13.2. The average molecular weight is 543 g/mol. The van der Waals surface area contributed by atoms with Crippen LogP contribution in [0.2, 0.25) is 5.15 Å². The fraction of sp³-hybridized carbons (Fsp3) is 0.130. The summed E-state index contributed by atoms with van der Waals surface area (Å²) < 4.78 is 6.75. The van der Waals surface area contributed by atoms with Crippen LogP contribution in [0.1, 0.15) is 29.8 Å². The van der Waals surface area contributed by atoms with Gasteiger partial charge in [-0.1, -0.05) is 23.7 Å². The number of pyridine rings is 2. The van der Waals surface area contributed by atoms with E-state index in [9.17, 15) is 10.1 Å². The molecular formula is C23H16ClIN4O2. The second-order valence-electron chi connectivity index (χ2n) is 7.03. The number of aryl methyl sites for hydroxylation is 1. The van der Waals surface area contributed by atoms with Gasteiger partial charge in [-0.25, -0.2) is 4.98 Å². The molecule has 1 aromatic carbocycles. The average Bonchev–Trinajstić information content (AvgIpc) is 2.77. The van der Waals surface area contributed by atoms with E-state index >= 15 is 0 Å². The van der Waals surface area contributed by atoms with Crippen LogP contribution in [-0.2, 0) is 0 Å². The van der Waals surface area contributed by atoms with Crippen molar-refractivity contribution in [2.24, 2.45) is 0 Å². The second-order valence-corrected chi connectivity index (χ2v) is 8.49. The van der Waals surface area contributed by atoms with Gasteiger partial charge in [-0.15, -0.1) is 0 Å². The zero-order valence-corrected chi connectivity index (χ0v) is 19.5. The van der Waals surface area contributed by atoms with Crippen molar-refractivity contribution in [1.29, 1.82) is 5.26 Å². The fourth-order valence-electron chi connectivity index (χ4n) is 3.38. The highest BCUT2D eigenvalue weighted by Crippen LogP contribution is 2.32. The van der Waals surface area contributed by atoms with Gasteiger partial charge in [0.15, 0.2) is 11.5 Å². The SMILES string of the molecule is Cc1cc([C@@H](C)Nc2ccc(Cl)nc2C#N)c2oc(-c3ccccn3)c(I)c(=O)c2c1. The lowest BCUT2D eigenvalue weighted by Crippen LogP contribution is -2.13. The summed E-state index contributed by atoms with van der Waals surface area (Å²) in [6.07, 6.45) is 1.66. The first kappa shape index (κ1) is 21.3. The smallest absolute Gasteiger partial charge is 0.206 e. The Morgan fingerprint density at radius 3 is 2.77 bits per heavy atom. The number of nitriles is 1. The first-order valence-corrected chi connectivity index (χ1v) is 10.9. The number of halogens is 2. The van der Waals surface area contributed by atoms with Gasteiger partial charge in [-0.05, 0) is 72.3 Å². The summed E-state index contributed by atoms with van der Waals surface area (Å²) in [6.45, 7) is 3.86. The molecule has 0 saturated carbocycles. The second kappa shape index (κ2) is 8.65. The van der Waals surface area contributed by atoms with E-state index < -0.39 is 0 Å². The molecule has 31 heavy (non-hydrogen) atoms. The van der Waals surface area contributed by atoms with Crippen LogP contribution in [0.15, 0.2) is 57.9 Å². The van der Waals surface area contributed by atoms with Gasteiger partial charge in [-0.2, -0.15) is 5.26 Å². The maximum absolute atomic E-state index is 13.2. The van der Waals surface area contributed by atoms with Crippen molar-refractivity contribution >= 4 is 50.8 Å². The zero-order chi connectivity index (χ0) is 22.1. The molecule has 0 radical (unpaired) electrons. The summed E-state index contributed by atoms with van der Waals surface area (Å²) in [5, 5.41) is 13.4. The van der Waals surface area contributed by atoms with Crippen LogP contribution >= 0.6 is 34.2 Å². The molecule has 0 fully saturated rings. The molecule has 0 spiro atoms. The predicted octanol–water partition coefficient (Wildman–Crippen LogP) is 5.86. The van der Waals surface area contributed by atoms with Crippen molar-refractivity contribution in [2.45, 2.75) is 19.9 Å². The van der Waals surface area contributed by atoms with E-state index in [2.05, 4.69) is 15.3 Å². The van der Waals surface area contributed by atoms with Crippen LogP contribution in [0, 0.1) is 21.8 Å². The number of benzene rings is 1. The first-order valence-electron chi connectivity index (χ1n) is 9.40. The minimum Gasteiger partial charge on any atom is -0.453 e. The Kier molecular flexibility index (Phi) is 5.94. The maximum Gasteiger partial charge on any atom is 0.206 e. The summed E-state index contributed by atoms with van der Waals surface area (Å²) in [6, 6.07) is 14.3. The molecule has 154 valence electrons. The lowest BCUT2D eigenvalue weighted by molar-refractivity contribution is 0.604. The largest absolute Gasteiger partial charge is 0.453 e. The highest BCUT2D eigenvalue weighted by Gasteiger charge is 2.20. The quantitative estimate of drug-likeness (QED) is 0.256. The standard InChI is InChI=1S/C23H16ClIN4O2/c1-12-9-14(13(2)28-16-6-7-19(24)29-18(16)11-26)22-15(10-12)21(30)20(25)23(31-22)17-5-3-4-8-27-17/h3-10,13,28H,1-2H3/t13-/m1/s1. The third-order valence-electron chi connectivity index (χ3n) is 4.81. The van der Waals surface area contributed by atoms with E-state index in [1.807, 2.05) is 66.8 Å². The summed E-state index contributed by atoms with van der Waals surface area (Å²) >= 11 is 7.92. The number of rotatable bonds is 4. The Labute approximate surface area is 197 Å². The minimum atomic E-state index is -0.280. The van der Waals surface area contributed by atoms with E-state index in [1.165, 1.54) is 0 Å². The third-order valence-corrected chi connectivity index (χ3v) is 6.00. The normalized spacial score (nSPS) is 11.8. The molecule has 1 N–H and O–H groups in total. The van der Waals surface area contributed by atoms with E-state index in [4.69, 9.17) is 16.0 Å². The highest BCUT2D eigenvalue weighted by molar-refractivity contribution is 14.1. The fourth-order valence-corrected chi connectivity index (χ4v) is 4.21. The molecular weight excluding hydrogens is 527 g/mol. The van der Waals surface area contributed by atoms with Crippen LogP contribution in [0.4, 0.5) is 5.69 Å². The Bertz CT molecular complexity index is 1400. The van der Waals surface area contributed by atoms with E-state index in [-0.39, 0.29) is 22.3 Å². The van der Waals surface area contributed by atoms with Crippen LogP contribution < -0.4 is 10.7 Å². The molecule has 0 aliphatic carbocycles. The Morgan fingerprint density at radius 2 is 2.06 bits per heavy atom. The van der Waals surface area contributed by atoms with Crippen LogP contribution in [-0.4, -0.2) is 9.97 Å². The van der Waals surface area contributed by atoms with Crippen LogP contribution in [0.25, 0.3) is 22.4 Å². The van der Waals surface area contributed by atoms with Crippen LogP contribution in [0.3, 0.4) is 0 Å². The summed E-state index contributed by atoms with van der Waals surface area (Å²) in [4.78, 5) is 21.6. The molecule has 0 aliphatic heterocycles. The summed E-state index contributed by atoms with van der Waals surface area (Å²) in [5.41, 5.74) is 3.43. The molecule has 4 aromatic rings. The lowest BCUT2D eigenvalue weighted by atomic mass is 10.0. The number of anilines is 1. The molecule has 8 heteroatoms. The minimum absolute atomic E-state index is 0.106. The molecule has 1 atom stereocenters. The van der Waals surface area contributed by atoms with Gasteiger partial charge >= 0.3 is 0 Å². The van der Waals surface area contributed by atoms with Gasteiger partial charge in [0.05, 0.1) is 17.1 Å². The number of fused-ring (bicyclic) bond motifs is 1. The number of hydrogen-bond acceptors (Lipinski definition) is 6. The molecule has 0 bridgehead atoms. The number of nitrogens with one attached hydrogen (secondary N) is 1. The molecule has 0 unspecified atom stereocenters. The molecule has 0 saturated heterocycles. The molecule has 0 aliphatic rings. The first-order chi connectivity index (χ1) is 14.9. The lowest BCUT2D eigenvalue weighted by Gasteiger charge is -2.19. The predicted molar refractivity (Wildman–Crippen MR) is 129 cm³/mol. The number of nitrogens with zero attached hydrogens (tertiary/aromatic N) is 3. The topological polar surface area (TPSA) is 91.8 Å². The number of aromatic nitrogens is 2. The summed E-state index contributed by atoms with van der Waals surface area (Å²) in [5.74, 6) is 0.432. The monoisotopic (exact) mass is 542 g/mol. The van der Waals surface area contributed by atoms with Gasteiger partial charge in [0.25, 0.3) is 0 Å². The highest BCUT2D eigenvalue weighted by atomic mass is 127. The van der Waals surface area contributed by atoms with Gasteiger partial charge in [0.1, 0.15) is 26.1 Å². The van der Waals surface area contributed by atoms with Gasteiger partial charge in [0.2, 0.25) is 5.43 Å². The molecule has 3 heterocycles. The molecule has 4 rings (SSSR count). The Balaban J connectivity index is 1.89. The zero-order valence-electron chi connectivity index (χ0n) is 16.6. The molecule has 6 nitrogen and oxygen atoms in total. The van der Waals surface area contributed by atoms with Crippen molar-refractivity contribution in [1.82, 2.24) is 9.97 Å². The molecule has 0 amide bonds. The van der Waals surface area contributed by atoms with E-state index in [0.717, 1.165) is 11.1 Å². The van der Waals surface area contributed by atoms with Crippen LogP contribution in [0.5, 0.6) is 0 Å². The van der Waals surface area contributed by atoms with E-state index in [1.54, 1.807) is 24.4 Å². The van der Waals surface area contributed by atoms with Crippen molar-refractivity contribution in [3.8, 4) is 17.5 Å². The van der Waals surface area contributed by atoms with Gasteiger partial charge in [0, 0.05) is 11.8 Å². The van der Waals surface area contributed by atoms with Crippen molar-refractivity contribution in [3.05, 3.63) is 84.4 Å². The van der Waals surface area contributed by atoms with Crippen molar-refractivity contribution < 1.29 is 4.42 Å². The Morgan fingerprint density at radius 1 is 1.26 bits per heavy atom. The third kappa shape index (κ3) is 4.13. The molecule has 3 aromatic heterocycles. The number of hydrogen-bond donors (Lipinski definition) is 1. The Hall–Kier alpha value is -2.96. The van der Waals surface area contributed by atoms with Gasteiger partial charge < -0.3 is 9.73 Å². The van der Waals surface area contributed by atoms with Crippen molar-refractivity contribution in [3.63, 3.8) is 0 Å². The van der Waals surface area contributed by atoms with E-state index in [0.29, 0.717) is 31.7 Å². The summed E-state index contributed by atoms with van der Waals surface area (Å²) in [7, 11) is 0. The van der Waals surface area contributed by atoms with Crippen molar-refractivity contribution in [2.75, 3.05) is 5.32 Å². The van der Waals surface area contributed by atoms with Gasteiger partial charge in [-0.3, -0.25) is 9.78 Å².